The number of carboxylic acids is 1. The number of carbonyl (C=O) groups is 1. The molecule has 0 unspecified atom stereocenters. The van der Waals surface area contributed by atoms with Crippen molar-refractivity contribution in [3.05, 3.63) is 35.4 Å². The lowest BCUT2D eigenvalue weighted by Crippen LogP contribution is -2.12. The minimum absolute atomic E-state index is 0. The first-order valence-corrected chi connectivity index (χ1v) is 4.77. The summed E-state index contributed by atoms with van der Waals surface area (Å²) in [4.78, 5) is 10.6. The Morgan fingerprint density at radius 3 is 2.27 bits per heavy atom. The third-order valence-corrected chi connectivity index (χ3v) is 2.67. The van der Waals surface area contributed by atoms with E-state index in [2.05, 4.69) is 0 Å². The van der Waals surface area contributed by atoms with Gasteiger partial charge in [0.15, 0.2) is 0 Å². The number of hydrogen-bond acceptors (Lipinski definition) is 2. The molecule has 1 fully saturated rings. The predicted octanol–water partition coefficient (Wildman–Crippen LogP) is 2.22. The van der Waals surface area contributed by atoms with Gasteiger partial charge in [0.25, 0.3) is 0 Å². The summed E-state index contributed by atoms with van der Waals surface area (Å²) < 4.78 is 0. The average Bonchev–Trinajstić information content (AvgIpc) is 3.00. The zero-order chi connectivity index (χ0) is 10.1. The molecule has 82 valence electrons. The Kier molecular flexibility index (Phi) is 3.72. The van der Waals surface area contributed by atoms with Crippen molar-refractivity contribution in [1.29, 1.82) is 0 Å². The molecule has 0 spiro atoms. The molecular weight excluding hydrogens is 214 g/mol. The number of aromatic carboxylic acids is 1. The second kappa shape index (κ2) is 4.64. The van der Waals surface area contributed by atoms with E-state index in [9.17, 15) is 4.79 Å². The van der Waals surface area contributed by atoms with Gasteiger partial charge in [-0.3, -0.25) is 0 Å². The summed E-state index contributed by atoms with van der Waals surface area (Å²) in [5.41, 5.74) is 7.33. The van der Waals surface area contributed by atoms with Crippen molar-refractivity contribution >= 4 is 18.4 Å². The summed E-state index contributed by atoms with van der Waals surface area (Å²) in [6.45, 7) is 0. The van der Waals surface area contributed by atoms with Crippen molar-refractivity contribution in [2.45, 2.75) is 18.9 Å². The molecule has 1 aliphatic carbocycles. The van der Waals surface area contributed by atoms with Crippen LogP contribution in [0.15, 0.2) is 24.3 Å². The van der Waals surface area contributed by atoms with Gasteiger partial charge in [-0.1, -0.05) is 12.1 Å². The highest BCUT2D eigenvalue weighted by molar-refractivity contribution is 5.87. The Morgan fingerprint density at radius 1 is 1.33 bits per heavy atom. The van der Waals surface area contributed by atoms with Crippen molar-refractivity contribution in [2.75, 3.05) is 0 Å². The highest BCUT2D eigenvalue weighted by Gasteiger charge is 2.29. The lowest BCUT2D eigenvalue weighted by atomic mass is 10.0. The van der Waals surface area contributed by atoms with Crippen LogP contribution in [0.5, 0.6) is 0 Å². The fourth-order valence-electron chi connectivity index (χ4n) is 1.58. The predicted molar refractivity (Wildman–Crippen MR) is 60.3 cm³/mol. The number of carboxylic acid groups (broad SMARTS) is 1. The zero-order valence-electron chi connectivity index (χ0n) is 8.22. The Balaban J connectivity index is 0.00000112. The maximum Gasteiger partial charge on any atom is 0.335 e. The molecule has 0 radical (unpaired) electrons. The third kappa shape index (κ3) is 2.70. The van der Waals surface area contributed by atoms with Crippen molar-refractivity contribution < 1.29 is 9.90 Å². The molecule has 3 nitrogen and oxygen atoms in total. The van der Waals surface area contributed by atoms with Gasteiger partial charge in [0.2, 0.25) is 0 Å². The molecule has 1 atom stereocenters. The summed E-state index contributed by atoms with van der Waals surface area (Å²) in [5, 5.41) is 8.70. The summed E-state index contributed by atoms with van der Waals surface area (Å²) in [7, 11) is 0. The Labute approximate surface area is 94.7 Å². The molecule has 0 aromatic heterocycles. The van der Waals surface area contributed by atoms with Crippen LogP contribution in [0.4, 0.5) is 0 Å². The molecule has 0 amide bonds. The van der Waals surface area contributed by atoms with E-state index >= 15 is 0 Å². The minimum Gasteiger partial charge on any atom is -0.478 e. The van der Waals surface area contributed by atoms with Crippen LogP contribution in [0.25, 0.3) is 0 Å². The van der Waals surface area contributed by atoms with E-state index in [0.717, 1.165) is 5.56 Å². The van der Waals surface area contributed by atoms with Crippen molar-refractivity contribution in [2.24, 2.45) is 11.7 Å². The topological polar surface area (TPSA) is 63.3 Å². The SMILES string of the molecule is Cl.N[C@@H](c1ccc(C(=O)O)cc1)C1CC1. The van der Waals surface area contributed by atoms with E-state index in [1.807, 2.05) is 12.1 Å². The summed E-state index contributed by atoms with van der Waals surface area (Å²) in [6.07, 6.45) is 2.39. The molecule has 1 aliphatic rings. The zero-order valence-corrected chi connectivity index (χ0v) is 9.04. The van der Waals surface area contributed by atoms with Crippen LogP contribution in [0.2, 0.25) is 0 Å². The number of benzene rings is 1. The molecule has 0 heterocycles. The lowest BCUT2D eigenvalue weighted by molar-refractivity contribution is 0.0697. The highest BCUT2D eigenvalue weighted by atomic mass is 35.5. The van der Waals surface area contributed by atoms with Gasteiger partial charge in [0, 0.05) is 6.04 Å². The van der Waals surface area contributed by atoms with Crippen LogP contribution in [0.1, 0.15) is 34.8 Å². The standard InChI is InChI=1S/C11H13NO2.ClH/c12-10(7-1-2-7)8-3-5-9(6-4-8)11(13)14;/h3-7,10H,1-2,12H2,(H,13,14);1H/t10-;/m1./s1. The first kappa shape index (κ1) is 12.0. The van der Waals surface area contributed by atoms with Crippen LogP contribution in [-0.2, 0) is 0 Å². The molecular formula is C11H14ClNO2. The molecule has 3 N–H and O–H groups in total. The van der Waals surface area contributed by atoms with Gasteiger partial charge in [0.05, 0.1) is 5.56 Å². The minimum atomic E-state index is -0.892. The molecule has 1 aromatic rings. The van der Waals surface area contributed by atoms with E-state index in [1.165, 1.54) is 12.8 Å². The van der Waals surface area contributed by atoms with Crippen molar-refractivity contribution in [3.63, 3.8) is 0 Å². The fourth-order valence-corrected chi connectivity index (χ4v) is 1.58. The smallest absolute Gasteiger partial charge is 0.335 e. The fraction of sp³-hybridized carbons (Fsp3) is 0.364. The van der Waals surface area contributed by atoms with E-state index in [0.29, 0.717) is 11.5 Å². The summed E-state index contributed by atoms with van der Waals surface area (Å²) >= 11 is 0. The highest BCUT2D eigenvalue weighted by Crippen LogP contribution is 2.39. The second-order valence-electron chi connectivity index (χ2n) is 3.79. The van der Waals surface area contributed by atoms with Crippen LogP contribution in [0.3, 0.4) is 0 Å². The third-order valence-electron chi connectivity index (χ3n) is 2.67. The van der Waals surface area contributed by atoms with Crippen LogP contribution in [0, 0.1) is 5.92 Å². The van der Waals surface area contributed by atoms with Gasteiger partial charge in [0.1, 0.15) is 0 Å². The van der Waals surface area contributed by atoms with Gasteiger partial charge in [-0.2, -0.15) is 0 Å². The molecule has 0 aliphatic heterocycles. The first-order valence-electron chi connectivity index (χ1n) is 4.77. The number of rotatable bonds is 3. The van der Waals surface area contributed by atoms with E-state index < -0.39 is 5.97 Å². The van der Waals surface area contributed by atoms with Gasteiger partial charge in [-0.15, -0.1) is 12.4 Å². The Bertz CT molecular complexity index is 346. The summed E-state index contributed by atoms with van der Waals surface area (Å²) in [6, 6.07) is 6.93. The molecule has 4 heteroatoms. The monoisotopic (exact) mass is 227 g/mol. The van der Waals surface area contributed by atoms with Crippen molar-refractivity contribution in [1.82, 2.24) is 0 Å². The normalized spacial score (nSPS) is 16.6. The maximum atomic E-state index is 10.6. The molecule has 15 heavy (non-hydrogen) atoms. The Morgan fingerprint density at radius 2 is 1.87 bits per heavy atom. The van der Waals surface area contributed by atoms with Gasteiger partial charge in [-0.05, 0) is 36.5 Å². The van der Waals surface area contributed by atoms with Crippen LogP contribution in [-0.4, -0.2) is 11.1 Å². The number of hydrogen-bond donors (Lipinski definition) is 2. The molecule has 1 saturated carbocycles. The van der Waals surface area contributed by atoms with Gasteiger partial charge < -0.3 is 10.8 Å². The van der Waals surface area contributed by atoms with Gasteiger partial charge in [-0.25, -0.2) is 4.79 Å². The Hall–Kier alpha value is -1.06. The molecule has 0 saturated heterocycles. The van der Waals surface area contributed by atoms with Crippen molar-refractivity contribution in [3.8, 4) is 0 Å². The number of nitrogens with two attached hydrogens (primary N) is 1. The second-order valence-corrected chi connectivity index (χ2v) is 3.79. The molecule has 2 rings (SSSR count). The van der Waals surface area contributed by atoms with E-state index in [1.54, 1.807) is 12.1 Å². The van der Waals surface area contributed by atoms with E-state index in [-0.39, 0.29) is 18.4 Å². The molecule has 1 aromatic carbocycles. The maximum absolute atomic E-state index is 10.6. The van der Waals surface area contributed by atoms with Crippen LogP contribution < -0.4 is 5.73 Å². The summed E-state index contributed by atoms with van der Waals surface area (Å²) in [5.74, 6) is -0.290. The number of halogens is 1. The quantitative estimate of drug-likeness (QED) is 0.832. The van der Waals surface area contributed by atoms with Gasteiger partial charge >= 0.3 is 5.97 Å². The largest absolute Gasteiger partial charge is 0.478 e. The molecule has 0 bridgehead atoms. The van der Waals surface area contributed by atoms with Crippen LogP contribution >= 0.6 is 12.4 Å². The average molecular weight is 228 g/mol. The first-order chi connectivity index (χ1) is 6.68. The lowest BCUT2D eigenvalue weighted by Gasteiger charge is -2.10. The van der Waals surface area contributed by atoms with E-state index in [4.69, 9.17) is 10.8 Å².